The molecule has 0 aromatic heterocycles. The number of allylic oxidation sites excluding steroid dienone is 1. The summed E-state index contributed by atoms with van der Waals surface area (Å²) in [4.78, 5) is 0. The first-order valence-corrected chi connectivity index (χ1v) is 16.7. The minimum Gasteiger partial charge on any atom is -0.434 e. The molecule has 0 N–H and O–H groups in total. The highest BCUT2D eigenvalue weighted by Gasteiger charge is 2.41. The second kappa shape index (κ2) is 6.75. The molecule has 1 aromatic carbocycles. The molecule has 21 heavy (non-hydrogen) atoms. The second-order valence-electron chi connectivity index (χ2n) is 7.61. The van der Waals surface area contributed by atoms with E-state index in [1.807, 2.05) is 6.07 Å². The Morgan fingerprint density at radius 1 is 0.810 bits per heavy atom. The minimum absolute atomic E-state index is 1.21. The highest BCUT2D eigenvalue weighted by Crippen LogP contribution is 2.28. The maximum absolute atomic E-state index is 6.56. The summed E-state index contributed by atoms with van der Waals surface area (Å²) in [5.41, 5.74) is 1.21. The van der Waals surface area contributed by atoms with Crippen LogP contribution in [0.25, 0.3) is 6.08 Å². The van der Waals surface area contributed by atoms with E-state index in [-0.39, 0.29) is 0 Å². The van der Waals surface area contributed by atoms with Crippen LogP contribution in [0.1, 0.15) is 12.5 Å². The maximum atomic E-state index is 6.56. The van der Waals surface area contributed by atoms with Crippen molar-refractivity contribution in [3.8, 4) is 0 Å². The molecule has 0 saturated heterocycles. The second-order valence-corrected chi connectivity index (χ2v) is 20.4. The van der Waals surface area contributed by atoms with Gasteiger partial charge in [0.25, 0.3) is 0 Å². The van der Waals surface area contributed by atoms with E-state index in [0.29, 0.717) is 0 Å². The van der Waals surface area contributed by atoms with Crippen LogP contribution in [0.4, 0.5) is 0 Å². The third-order valence-electron chi connectivity index (χ3n) is 2.90. The molecule has 0 saturated carbocycles. The summed E-state index contributed by atoms with van der Waals surface area (Å²) in [5.74, 6) is 0. The fraction of sp³-hybridized carbons (Fsp3) is 0.500. The molecule has 0 spiro atoms. The van der Waals surface area contributed by atoms with Gasteiger partial charge in [-0.1, -0.05) is 36.4 Å². The first-order valence-electron chi connectivity index (χ1n) is 7.55. The SMILES string of the molecule is C/C(=C\c1ccccc1)[Si](C)(O[Si](C)(C)C)O[Si](C)(C)C. The van der Waals surface area contributed by atoms with Gasteiger partial charge in [-0.3, -0.25) is 0 Å². The van der Waals surface area contributed by atoms with Crippen LogP contribution in [-0.4, -0.2) is 25.2 Å². The van der Waals surface area contributed by atoms with E-state index >= 15 is 0 Å². The molecular weight excluding hydrogens is 308 g/mol. The predicted molar refractivity (Wildman–Crippen MR) is 101 cm³/mol. The van der Waals surface area contributed by atoms with E-state index in [1.165, 1.54) is 10.8 Å². The largest absolute Gasteiger partial charge is 0.434 e. The van der Waals surface area contributed by atoms with Gasteiger partial charge in [-0.05, 0) is 63.5 Å². The average molecular weight is 339 g/mol. The quantitative estimate of drug-likeness (QED) is 0.646. The molecule has 0 amide bonds. The van der Waals surface area contributed by atoms with Crippen molar-refractivity contribution < 1.29 is 8.23 Å². The topological polar surface area (TPSA) is 18.5 Å². The van der Waals surface area contributed by atoms with Crippen molar-refractivity contribution >= 4 is 31.3 Å². The van der Waals surface area contributed by atoms with Gasteiger partial charge in [0.1, 0.15) is 0 Å². The predicted octanol–water partition coefficient (Wildman–Crippen LogP) is 5.40. The van der Waals surface area contributed by atoms with Gasteiger partial charge in [-0.15, -0.1) is 0 Å². The van der Waals surface area contributed by atoms with Crippen LogP contribution in [0.2, 0.25) is 45.8 Å². The summed E-state index contributed by atoms with van der Waals surface area (Å²) in [7, 11) is -5.63. The molecule has 118 valence electrons. The van der Waals surface area contributed by atoms with E-state index in [1.54, 1.807) is 0 Å². The fourth-order valence-corrected chi connectivity index (χ4v) is 13.9. The summed E-state index contributed by atoms with van der Waals surface area (Å²) >= 11 is 0. The molecule has 0 fully saturated rings. The normalized spacial score (nSPS) is 14.4. The Morgan fingerprint density at radius 2 is 1.24 bits per heavy atom. The molecule has 0 unspecified atom stereocenters. The lowest BCUT2D eigenvalue weighted by Gasteiger charge is -2.39. The van der Waals surface area contributed by atoms with Crippen LogP contribution in [-0.2, 0) is 8.23 Å². The van der Waals surface area contributed by atoms with Crippen molar-refractivity contribution in [3.05, 3.63) is 41.1 Å². The number of hydrogen-bond donors (Lipinski definition) is 0. The molecule has 2 nitrogen and oxygen atoms in total. The van der Waals surface area contributed by atoms with Gasteiger partial charge in [0, 0.05) is 0 Å². The van der Waals surface area contributed by atoms with Gasteiger partial charge in [0.2, 0.25) is 0 Å². The zero-order valence-electron chi connectivity index (χ0n) is 14.8. The molecule has 0 heterocycles. The van der Waals surface area contributed by atoms with Crippen molar-refractivity contribution in [2.24, 2.45) is 0 Å². The van der Waals surface area contributed by atoms with Crippen LogP contribution in [0, 0.1) is 0 Å². The van der Waals surface area contributed by atoms with Crippen molar-refractivity contribution in [2.75, 3.05) is 0 Å². The Morgan fingerprint density at radius 3 is 1.62 bits per heavy atom. The number of benzene rings is 1. The van der Waals surface area contributed by atoms with E-state index in [0.717, 1.165) is 0 Å². The zero-order valence-corrected chi connectivity index (χ0v) is 17.8. The summed E-state index contributed by atoms with van der Waals surface area (Å²) in [6.45, 7) is 17.8. The van der Waals surface area contributed by atoms with Gasteiger partial charge in [-0.2, -0.15) is 0 Å². The molecule has 0 aliphatic carbocycles. The molecule has 1 aromatic rings. The molecule has 0 bridgehead atoms. The lowest BCUT2D eigenvalue weighted by molar-refractivity contribution is 0.398. The molecule has 0 aliphatic rings. The molecule has 1 rings (SSSR count). The third kappa shape index (κ3) is 6.88. The van der Waals surface area contributed by atoms with Crippen LogP contribution >= 0.6 is 0 Å². The van der Waals surface area contributed by atoms with Crippen LogP contribution in [0.5, 0.6) is 0 Å². The Kier molecular flexibility index (Phi) is 5.97. The maximum Gasteiger partial charge on any atom is 0.344 e. The van der Waals surface area contributed by atoms with E-state index in [4.69, 9.17) is 8.23 Å². The molecule has 0 aliphatic heterocycles. The first kappa shape index (κ1) is 18.6. The lowest BCUT2D eigenvalue weighted by atomic mass is 10.2. The summed E-state index contributed by atoms with van der Waals surface area (Å²) in [6, 6.07) is 10.4. The number of rotatable bonds is 6. The van der Waals surface area contributed by atoms with Crippen molar-refractivity contribution in [1.29, 1.82) is 0 Å². The van der Waals surface area contributed by atoms with Gasteiger partial charge in [-0.25, -0.2) is 0 Å². The van der Waals surface area contributed by atoms with E-state index in [2.05, 4.69) is 83.1 Å². The molecular formula is C16H30O2Si3. The zero-order chi connectivity index (χ0) is 16.3. The standard InChI is InChI=1S/C16H30O2Si3/c1-15(14-16-12-10-9-11-13-16)21(8,17-19(2,3)4)18-20(5,6)7/h9-14H,1-8H3/b15-14+. The monoisotopic (exact) mass is 338 g/mol. The first-order chi connectivity index (χ1) is 9.41. The summed E-state index contributed by atoms with van der Waals surface area (Å²) in [6.07, 6.45) is 2.23. The van der Waals surface area contributed by atoms with Gasteiger partial charge >= 0.3 is 8.56 Å². The molecule has 5 heteroatoms. The average Bonchev–Trinajstić information content (AvgIpc) is 2.24. The van der Waals surface area contributed by atoms with Crippen LogP contribution in [0.3, 0.4) is 0 Å². The third-order valence-corrected chi connectivity index (χ3v) is 12.5. The summed E-state index contributed by atoms with van der Waals surface area (Å²) < 4.78 is 13.1. The van der Waals surface area contributed by atoms with Crippen molar-refractivity contribution in [1.82, 2.24) is 0 Å². The fourth-order valence-electron chi connectivity index (χ4n) is 2.28. The van der Waals surface area contributed by atoms with E-state index in [9.17, 15) is 0 Å². The highest BCUT2D eigenvalue weighted by molar-refractivity contribution is 6.91. The lowest BCUT2D eigenvalue weighted by Crippen LogP contribution is -2.53. The Labute approximate surface area is 133 Å². The van der Waals surface area contributed by atoms with Gasteiger partial charge in [0.05, 0.1) is 0 Å². The molecule has 0 radical (unpaired) electrons. The van der Waals surface area contributed by atoms with Crippen molar-refractivity contribution in [2.45, 2.75) is 52.8 Å². The Bertz CT molecular complexity index is 468. The smallest absolute Gasteiger partial charge is 0.344 e. The Hall–Kier alpha value is -0.469. The van der Waals surface area contributed by atoms with E-state index < -0.39 is 25.2 Å². The molecule has 0 atom stereocenters. The highest BCUT2D eigenvalue weighted by atomic mass is 28.5. The van der Waals surface area contributed by atoms with Crippen LogP contribution in [0.15, 0.2) is 35.5 Å². The van der Waals surface area contributed by atoms with Gasteiger partial charge < -0.3 is 8.23 Å². The van der Waals surface area contributed by atoms with Crippen LogP contribution < -0.4 is 0 Å². The Balaban J connectivity index is 3.14. The van der Waals surface area contributed by atoms with Crippen molar-refractivity contribution in [3.63, 3.8) is 0 Å². The minimum atomic E-state index is -2.32. The number of hydrogen-bond acceptors (Lipinski definition) is 2. The summed E-state index contributed by atoms with van der Waals surface area (Å²) in [5, 5.41) is 1.26. The van der Waals surface area contributed by atoms with Gasteiger partial charge in [0.15, 0.2) is 16.6 Å².